The number of benzene rings is 1. The van der Waals surface area contributed by atoms with Gasteiger partial charge in [0.05, 0.1) is 17.5 Å². The summed E-state index contributed by atoms with van der Waals surface area (Å²) < 4.78 is 0. The molecule has 0 aliphatic carbocycles. The Morgan fingerprint density at radius 1 is 1.26 bits per heavy atom. The predicted molar refractivity (Wildman–Crippen MR) is 70.7 cm³/mol. The van der Waals surface area contributed by atoms with Crippen molar-refractivity contribution in [3.8, 4) is 0 Å². The van der Waals surface area contributed by atoms with E-state index in [1.165, 1.54) is 12.1 Å². The Bertz CT molecular complexity index is 486. The minimum atomic E-state index is -0.421. The first-order valence-electron chi connectivity index (χ1n) is 6.21. The number of nitro benzene ring substituents is 1. The van der Waals surface area contributed by atoms with Crippen LogP contribution in [-0.2, 0) is 4.79 Å². The van der Waals surface area contributed by atoms with Crippen LogP contribution in [0.3, 0.4) is 0 Å². The van der Waals surface area contributed by atoms with Crippen molar-refractivity contribution >= 4 is 11.6 Å². The average Bonchev–Trinajstić information content (AvgIpc) is 2.38. The van der Waals surface area contributed by atoms with E-state index < -0.39 is 4.92 Å². The molecule has 102 valence electrons. The first kappa shape index (κ1) is 13.5. The maximum atomic E-state index is 12.0. The molecule has 1 heterocycles. The molecule has 1 saturated heterocycles. The standard InChI is InChI=1S/C13H17N3O3/c1-10(15-8-7-14(2)9-13(15)17)11-3-5-12(6-4-11)16(18)19/h3-6,10H,7-9H2,1-2H3. The van der Waals surface area contributed by atoms with Crippen LogP contribution in [0.5, 0.6) is 0 Å². The van der Waals surface area contributed by atoms with Crippen LogP contribution in [0.25, 0.3) is 0 Å². The zero-order valence-corrected chi connectivity index (χ0v) is 11.1. The van der Waals surface area contributed by atoms with Gasteiger partial charge in [-0.2, -0.15) is 0 Å². The lowest BCUT2D eigenvalue weighted by Gasteiger charge is -2.36. The van der Waals surface area contributed by atoms with Gasteiger partial charge >= 0.3 is 0 Å². The van der Waals surface area contributed by atoms with Crippen molar-refractivity contribution in [3.05, 3.63) is 39.9 Å². The van der Waals surface area contributed by atoms with Crippen LogP contribution in [0, 0.1) is 10.1 Å². The summed E-state index contributed by atoms with van der Waals surface area (Å²) in [5.74, 6) is 0.0969. The minimum Gasteiger partial charge on any atom is -0.334 e. The third-order valence-electron chi connectivity index (χ3n) is 3.50. The highest BCUT2D eigenvalue weighted by Gasteiger charge is 2.26. The highest BCUT2D eigenvalue weighted by atomic mass is 16.6. The van der Waals surface area contributed by atoms with Crippen molar-refractivity contribution < 1.29 is 9.72 Å². The molecule has 1 aliphatic heterocycles. The quantitative estimate of drug-likeness (QED) is 0.611. The van der Waals surface area contributed by atoms with Crippen molar-refractivity contribution in [1.82, 2.24) is 9.80 Å². The van der Waals surface area contributed by atoms with Gasteiger partial charge in [-0.05, 0) is 19.5 Å². The van der Waals surface area contributed by atoms with Crippen molar-refractivity contribution in [2.45, 2.75) is 13.0 Å². The molecule has 1 amide bonds. The second-order valence-electron chi connectivity index (χ2n) is 4.85. The number of carbonyl (C=O) groups is 1. The first-order chi connectivity index (χ1) is 8.99. The summed E-state index contributed by atoms with van der Waals surface area (Å²) in [5, 5.41) is 10.6. The number of nitrogens with zero attached hydrogens (tertiary/aromatic N) is 3. The van der Waals surface area contributed by atoms with Gasteiger partial charge in [0.15, 0.2) is 0 Å². The number of piperazine rings is 1. The summed E-state index contributed by atoms with van der Waals surface area (Å²) in [7, 11) is 1.92. The van der Waals surface area contributed by atoms with Crippen LogP contribution in [0.15, 0.2) is 24.3 Å². The zero-order valence-electron chi connectivity index (χ0n) is 11.1. The number of hydrogen-bond donors (Lipinski definition) is 0. The SMILES string of the molecule is CC(c1ccc([N+](=O)[O-])cc1)N1CCN(C)CC1=O. The molecule has 2 rings (SSSR count). The normalized spacial score (nSPS) is 18.4. The molecule has 1 unspecified atom stereocenters. The lowest BCUT2D eigenvalue weighted by atomic mass is 10.1. The number of likely N-dealkylation sites (N-methyl/N-ethyl adjacent to an activating group) is 1. The van der Waals surface area contributed by atoms with Gasteiger partial charge in [0.1, 0.15) is 0 Å². The van der Waals surface area contributed by atoms with Crippen molar-refractivity contribution in [2.24, 2.45) is 0 Å². The van der Waals surface area contributed by atoms with E-state index in [1.54, 1.807) is 12.1 Å². The Morgan fingerprint density at radius 3 is 2.42 bits per heavy atom. The van der Waals surface area contributed by atoms with E-state index in [1.807, 2.05) is 23.8 Å². The van der Waals surface area contributed by atoms with E-state index in [2.05, 4.69) is 0 Å². The molecule has 0 spiro atoms. The Morgan fingerprint density at radius 2 is 1.89 bits per heavy atom. The molecule has 1 aromatic rings. The molecule has 0 bridgehead atoms. The maximum Gasteiger partial charge on any atom is 0.269 e. The third kappa shape index (κ3) is 2.90. The van der Waals surface area contributed by atoms with Crippen molar-refractivity contribution in [3.63, 3.8) is 0 Å². The molecule has 1 aromatic carbocycles. The summed E-state index contributed by atoms with van der Waals surface area (Å²) in [4.78, 5) is 26.0. The van der Waals surface area contributed by atoms with Crippen molar-refractivity contribution in [2.75, 3.05) is 26.7 Å². The molecule has 1 aliphatic rings. The summed E-state index contributed by atoms with van der Waals surface area (Å²) in [6.45, 7) is 3.91. The molecule has 0 aromatic heterocycles. The predicted octanol–water partition coefficient (Wildman–Crippen LogP) is 1.43. The van der Waals surface area contributed by atoms with Gasteiger partial charge < -0.3 is 4.90 Å². The largest absolute Gasteiger partial charge is 0.334 e. The Kier molecular flexibility index (Phi) is 3.80. The van der Waals surface area contributed by atoms with E-state index in [4.69, 9.17) is 0 Å². The van der Waals surface area contributed by atoms with E-state index in [9.17, 15) is 14.9 Å². The minimum absolute atomic E-state index is 0.0537. The van der Waals surface area contributed by atoms with E-state index in [-0.39, 0.29) is 17.6 Å². The van der Waals surface area contributed by atoms with Crippen LogP contribution in [0.1, 0.15) is 18.5 Å². The number of nitro groups is 1. The second-order valence-corrected chi connectivity index (χ2v) is 4.85. The van der Waals surface area contributed by atoms with E-state index >= 15 is 0 Å². The highest BCUT2D eigenvalue weighted by molar-refractivity contribution is 5.79. The first-order valence-corrected chi connectivity index (χ1v) is 6.21. The van der Waals surface area contributed by atoms with Crippen LogP contribution in [-0.4, -0.2) is 47.3 Å². The van der Waals surface area contributed by atoms with Gasteiger partial charge in [0, 0.05) is 25.2 Å². The van der Waals surface area contributed by atoms with Crippen LogP contribution < -0.4 is 0 Å². The van der Waals surface area contributed by atoms with Crippen molar-refractivity contribution in [1.29, 1.82) is 0 Å². The maximum absolute atomic E-state index is 12.0. The fraction of sp³-hybridized carbons (Fsp3) is 0.462. The number of rotatable bonds is 3. The van der Waals surface area contributed by atoms with Crippen LogP contribution in [0.4, 0.5) is 5.69 Å². The third-order valence-corrected chi connectivity index (χ3v) is 3.50. The molecule has 0 N–H and O–H groups in total. The summed E-state index contributed by atoms with van der Waals surface area (Å²) in [5.41, 5.74) is 0.990. The number of carbonyl (C=O) groups excluding carboxylic acids is 1. The number of amides is 1. The molecular weight excluding hydrogens is 246 g/mol. The topological polar surface area (TPSA) is 66.7 Å². The molecule has 0 radical (unpaired) electrons. The zero-order chi connectivity index (χ0) is 14.0. The molecule has 0 saturated carbocycles. The average molecular weight is 263 g/mol. The Balaban J connectivity index is 2.12. The van der Waals surface area contributed by atoms with Gasteiger partial charge in [0.25, 0.3) is 5.69 Å². The molecular formula is C13H17N3O3. The van der Waals surface area contributed by atoms with Gasteiger partial charge in [-0.15, -0.1) is 0 Å². The number of non-ortho nitro benzene ring substituents is 1. The molecule has 1 atom stereocenters. The van der Waals surface area contributed by atoms with E-state index in [0.29, 0.717) is 13.1 Å². The van der Waals surface area contributed by atoms with Gasteiger partial charge in [-0.25, -0.2) is 0 Å². The van der Waals surface area contributed by atoms with Gasteiger partial charge in [0.2, 0.25) is 5.91 Å². The lowest BCUT2D eigenvalue weighted by molar-refractivity contribution is -0.384. The fourth-order valence-corrected chi connectivity index (χ4v) is 2.27. The Hall–Kier alpha value is -1.95. The van der Waals surface area contributed by atoms with E-state index in [0.717, 1.165) is 12.1 Å². The summed E-state index contributed by atoms with van der Waals surface area (Å²) in [6.07, 6.45) is 0. The second kappa shape index (κ2) is 5.36. The summed E-state index contributed by atoms with van der Waals surface area (Å²) >= 11 is 0. The van der Waals surface area contributed by atoms with Gasteiger partial charge in [-0.1, -0.05) is 12.1 Å². The summed E-state index contributed by atoms with van der Waals surface area (Å²) in [6, 6.07) is 6.34. The van der Waals surface area contributed by atoms with Crippen LogP contribution in [0.2, 0.25) is 0 Å². The molecule has 6 heteroatoms. The molecule has 1 fully saturated rings. The van der Waals surface area contributed by atoms with Gasteiger partial charge in [-0.3, -0.25) is 19.8 Å². The highest BCUT2D eigenvalue weighted by Crippen LogP contribution is 2.24. The molecule has 6 nitrogen and oxygen atoms in total. The fourth-order valence-electron chi connectivity index (χ4n) is 2.27. The smallest absolute Gasteiger partial charge is 0.269 e. The number of hydrogen-bond acceptors (Lipinski definition) is 4. The van der Waals surface area contributed by atoms with Crippen LogP contribution >= 0.6 is 0 Å². The monoisotopic (exact) mass is 263 g/mol. The lowest BCUT2D eigenvalue weighted by Crippen LogP contribution is -2.49. The molecule has 19 heavy (non-hydrogen) atoms. The Labute approximate surface area is 111 Å².